The predicted molar refractivity (Wildman–Crippen MR) is 107 cm³/mol. The van der Waals surface area contributed by atoms with Crippen LogP contribution in [0, 0.1) is 11.8 Å². The third-order valence-electron chi connectivity index (χ3n) is 5.05. The van der Waals surface area contributed by atoms with E-state index in [2.05, 4.69) is 19.2 Å². The maximum absolute atomic E-state index is 12.9. The Balaban J connectivity index is 2.10. The fourth-order valence-electron chi connectivity index (χ4n) is 3.47. The largest absolute Gasteiger partial charge is 0.497 e. The van der Waals surface area contributed by atoms with Crippen LogP contribution in [0.2, 0.25) is 0 Å². The minimum atomic E-state index is -3.26. The van der Waals surface area contributed by atoms with Crippen molar-refractivity contribution in [1.29, 1.82) is 0 Å². The van der Waals surface area contributed by atoms with Crippen LogP contribution in [0.3, 0.4) is 0 Å². The Labute approximate surface area is 163 Å². The molecular formula is C20H32N2O4S. The summed E-state index contributed by atoms with van der Waals surface area (Å²) in [6, 6.07) is 7.64. The average Bonchev–Trinajstić information content (AvgIpc) is 2.67. The molecule has 1 aliphatic rings. The van der Waals surface area contributed by atoms with E-state index < -0.39 is 10.0 Å². The van der Waals surface area contributed by atoms with Crippen molar-refractivity contribution in [1.82, 2.24) is 9.62 Å². The number of carbonyl (C=O) groups excluding carboxylic acids is 1. The minimum Gasteiger partial charge on any atom is -0.497 e. The van der Waals surface area contributed by atoms with Gasteiger partial charge in [0.05, 0.1) is 24.8 Å². The molecule has 1 aromatic carbocycles. The lowest BCUT2D eigenvalue weighted by molar-refractivity contribution is -0.127. The van der Waals surface area contributed by atoms with E-state index in [1.54, 1.807) is 14.0 Å². The van der Waals surface area contributed by atoms with Gasteiger partial charge < -0.3 is 10.1 Å². The van der Waals surface area contributed by atoms with Crippen LogP contribution in [0.5, 0.6) is 5.75 Å². The molecule has 2 unspecified atom stereocenters. The number of nitrogens with one attached hydrogen (secondary N) is 1. The van der Waals surface area contributed by atoms with Gasteiger partial charge in [0.1, 0.15) is 5.75 Å². The summed E-state index contributed by atoms with van der Waals surface area (Å²) in [6.07, 6.45) is 2.26. The number of nitrogens with zero attached hydrogens (tertiary/aromatic N) is 1. The summed E-state index contributed by atoms with van der Waals surface area (Å²) in [7, 11) is -1.63. The molecule has 1 N–H and O–H groups in total. The molecule has 0 aromatic heterocycles. The molecule has 1 aromatic rings. The molecule has 2 rings (SSSR count). The van der Waals surface area contributed by atoms with Gasteiger partial charge in [-0.05, 0) is 49.8 Å². The van der Waals surface area contributed by atoms with Crippen LogP contribution in [0.25, 0.3) is 0 Å². The van der Waals surface area contributed by atoms with Crippen molar-refractivity contribution < 1.29 is 17.9 Å². The van der Waals surface area contributed by atoms with Crippen LogP contribution in [0.1, 0.15) is 51.6 Å². The smallest absolute Gasteiger partial charge is 0.224 e. The Kier molecular flexibility index (Phi) is 7.68. The Hall–Kier alpha value is -1.60. The van der Waals surface area contributed by atoms with Gasteiger partial charge in [0.25, 0.3) is 0 Å². The van der Waals surface area contributed by atoms with Crippen molar-refractivity contribution in [3.8, 4) is 5.75 Å². The number of amides is 1. The van der Waals surface area contributed by atoms with Gasteiger partial charge in [-0.3, -0.25) is 4.79 Å². The molecule has 6 nitrogen and oxygen atoms in total. The normalized spacial score (nSPS) is 19.7. The fraction of sp³-hybridized carbons (Fsp3) is 0.650. The highest BCUT2D eigenvalue weighted by Crippen LogP contribution is 2.26. The standard InChI is InChI=1S/C20H32N2O4S/c1-5-27(24,25)22-12-6-7-17(14-22)20(23)21-19(13-15(2)3)16-8-10-18(26-4)11-9-16/h8-11,15,17,19H,5-7,12-14H2,1-4H3,(H,21,23). The highest BCUT2D eigenvalue weighted by atomic mass is 32.2. The van der Waals surface area contributed by atoms with Gasteiger partial charge in [0.2, 0.25) is 15.9 Å². The summed E-state index contributed by atoms with van der Waals surface area (Å²) >= 11 is 0. The molecule has 0 saturated carbocycles. The topological polar surface area (TPSA) is 75.7 Å². The summed E-state index contributed by atoms with van der Waals surface area (Å²) in [5.74, 6) is 0.908. The van der Waals surface area contributed by atoms with Gasteiger partial charge in [0, 0.05) is 13.1 Å². The monoisotopic (exact) mass is 396 g/mol. The molecule has 1 amide bonds. The molecule has 0 aliphatic carbocycles. The summed E-state index contributed by atoms with van der Waals surface area (Å²) in [4.78, 5) is 12.9. The second-order valence-corrected chi connectivity index (χ2v) is 9.82. The molecule has 1 fully saturated rings. The lowest BCUT2D eigenvalue weighted by Crippen LogP contribution is -2.46. The first-order valence-electron chi connectivity index (χ1n) is 9.69. The van der Waals surface area contributed by atoms with Gasteiger partial charge in [-0.25, -0.2) is 12.7 Å². The highest BCUT2D eigenvalue weighted by Gasteiger charge is 2.32. The van der Waals surface area contributed by atoms with Gasteiger partial charge in [-0.1, -0.05) is 26.0 Å². The number of carbonyl (C=O) groups is 1. The van der Waals surface area contributed by atoms with E-state index in [0.29, 0.717) is 18.9 Å². The van der Waals surface area contributed by atoms with Crippen LogP contribution in [-0.2, 0) is 14.8 Å². The van der Waals surface area contributed by atoms with E-state index in [0.717, 1.165) is 24.2 Å². The van der Waals surface area contributed by atoms with Crippen LogP contribution < -0.4 is 10.1 Å². The van der Waals surface area contributed by atoms with E-state index in [4.69, 9.17) is 4.74 Å². The quantitative estimate of drug-likeness (QED) is 0.733. The van der Waals surface area contributed by atoms with Crippen molar-refractivity contribution in [2.45, 2.75) is 46.1 Å². The molecule has 0 radical (unpaired) electrons. The van der Waals surface area contributed by atoms with Crippen molar-refractivity contribution >= 4 is 15.9 Å². The van der Waals surface area contributed by atoms with Gasteiger partial charge in [0.15, 0.2) is 0 Å². The number of piperidine rings is 1. The highest BCUT2D eigenvalue weighted by molar-refractivity contribution is 7.89. The first kappa shape index (κ1) is 21.7. The van der Waals surface area contributed by atoms with Gasteiger partial charge in [-0.2, -0.15) is 0 Å². The number of benzene rings is 1. The van der Waals surface area contributed by atoms with Crippen LogP contribution in [0.4, 0.5) is 0 Å². The summed E-state index contributed by atoms with van der Waals surface area (Å²) in [6.45, 7) is 6.67. The average molecular weight is 397 g/mol. The Morgan fingerprint density at radius 3 is 2.52 bits per heavy atom. The van der Waals surface area contributed by atoms with Crippen LogP contribution in [-0.4, -0.2) is 44.6 Å². The van der Waals surface area contributed by atoms with Crippen molar-refractivity contribution in [3.63, 3.8) is 0 Å². The van der Waals surface area contributed by atoms with E-state index >= 15 is 0 Å². The van der Waals surface area contributed by atoms with E-state index in [9.17, 15) is 13.2 Å². The Morgan fingerprint density at radius 2 is 1.96 bits per heavy atom. The second-order valence-electron chi connectivity index (χ2n) is 7.56. The zero-order chi connectivity index (χ0) is 20.0. The van der Waals surface area contributed by atoms with Crippen LogP contribution in [0.15, 0.2) is 24.3 Å². The summed E-state index contributed by atoms with van der Waals surface area (Å²) < 4.78 is 31.0. The molecule has 0 bridgehead atoms. The summed E-state index contributed by atoms with van der Waals surface area (Å²) in [5.41, 5.74) is 1.03. The van der Waals surface area contributed by atoms with Crippen molar-refractivity contribution in [2.24, 2.45) is 11.8 Å². The maximum Gasteiger partial charge on any atom is 0.224 e. The Bertz CT molecular complexity index is 716. The lowest BCUT2D eigenvalue weighted by Gasteiger charge is -2.32. The number of hydrogen-bond donors (Lipinski definition) is 1. The zero-order valence-corrected chi connectivity index (χ0v) is 17.6. The number of rotatable bonds is 8. The first-order chi connectivity index (χ1) is 12.8. The molecule has 1 aliphatic heterocycles. The molecule has 0 spiro atoms. The van der Waals surface area contributed by atoms with E-state index in [1.807, 2.05) is 24.3 Å². The molecule has 152 valence electrons. The zero-order valence-electron chi connectivity index (χ0n) is 16.8. The third-order valence-corrected chi connectivity index (χ3v) is 6.90. The number of methoxy groups -OCH3 is 1. The molecule has 2 atom stereocenters. The molecular weight excluding hydrogens is 364 g/mol. The fourth-order valence-corrected chi connectivity index (χ4v) is 4.65. The Morgan fingerprint density at radius 1 is 1.30 bits per heavy atom. The van der Waals surface area contributed by atoms with Crippen molar-refractivity contribution in [3.05, 3.63) is 29.8 Å². The van der Waals surface area contributed by atoms with Gasteiger partial charge in [-0.15, -0.1) is 0 Å². The SMILES string of the molecule is CCS(=O)(=O)N1CCCC(C(=O)NC(CC(C)C)c2ccc(OC)cc2)C1. The molecule has 1 heterocycles. The van der Waals surface area contributed by atoms with Gasteiger partial charge >= 0.3 is 0 Å². The van der Waals surface area contributed by atoms with E-state index in [1.165, 1.54) is 4.31 Å². The molecule has 7 heteroatoms. The summed E-state index contributed by atoms with van der Waals surface area (Å²) in [5, 5.41) is 3.16. The molecule has 27 heavy (non-hydrogen) atoms. The molecule has 1 saturated heterocycles. The van der Waals surface area contributed by atoms with Crippen LogP contribution >= 0.6 is 0 Å². The van der Waals surface area contributed by atoms with E-state index in [-0.39, 0.29) is 30.2 Å². The lowest BCUT2D eigenvalue weighted by atomic mass is 9.94. The predicted octanol–water partition coefficient (Wildman–Crippen LogP) is 2.96. The number of ether oxygens (including phenoxy) is 1. The number of hydrogen-bond acceptors (Lipinski definition) is 4. The van der Waals surface area contributed by atoms with Crippen molar-refractivity contribution in [2.75, 3.05) is 26.0 Å². The first-order valence-corrected chi connectivity index (χ1v) is 11.3. The second kappa shape index (κ2) is 9.55. The number of sulfonamides is 1. The maximum atomic E-state index is 12.9. The minimum absolute atomic E-state index is 0.0625. The third kappa shape index (κ3) is 5.94.